The van der Waals surface area contributed by atoms with E-state index in [4.69, 9.17) is 4.74 Å². The molecule has 1 aromatic heterocycles. The molecule has 0 spiro atoms. The SMILES string of the molecule is CCOC(=O)c1cnc2c(ccc3ccccc32)c1Nc1ccc(Br)cc1. The van der Waals surface area contributed by atoms with E-state index in [2.05, 4.69) is 32.3 Å². The third-order valence-electron chi connectivity index (χ3n) is 4.37. The minimum atomic E-state index is -0.389. The maximum atomic E-state index is 12.5. The fourth-order valence-electron chi connectivity index (χ4n) is 3.11. The number of carbonyl (C=O) groups is 1. The Kier molecular flexibility index (Phi) is 4.77. The van der Waals surface area contributed by atoms with Crippen LogP contribution < -0.4 is 5.32 Å². The summed E-state index contributed by atoms with van der Waals surface area (Å²) in [5.41, 5.74) is 2.85. The van der Waals surface area contributed by atoms with Crippen molar-refractivity contribution in [2.45, 2.75) is 6.92 Å². The summed E-state index contributed by atoms with van der Waals surface area (Å²) in [6, 6.07) is 19.9. The predicted molar refractivity (Wildman–Crippen MR) is 113 cm³/mol. The van der Waals surface area contributed by atoms with Crippen LogP contribution in [0.3, 0.4) is 0 Å². The Hall–Kier alpha value is -2.92. The van der Waals surface area contributed by atoms with Crippen molar-refractivity contribution >= 4 is 54.9 Å². The van der Waals surface area contributed by atoms with Crippen LogP contribution in [0.1, 0.15) is 17.3 Å². The molecule has 0 saturated heterocycles. The number of ether oxygens (including phenoxy) is 1. The molecule has 0 unspecified atom stereocenters. The Morgan fingerprint density at radius 3 is 2.59 bits per heavy atom. The second-order valence-electron chi connectivity index (χ2n) is 6.08. The zero-order chi connectivity index (χ0) is 18.8. The Bertz CT molecular complexity index is 1140. The fourth-order valence-corrected chi connectivity index (χ4v) is 3.37. The molecule has 0 aliphatic rings. The number of hydrogen-bond donors (Lipinski definition) is 1. The molecule has 0 bridgehead atoms. The van der Waals surface area contributed by atoms with E-state index >= 15 is 0 Å². The summed E-state index contributed by atoms with van der Waals surface area (Å²) in [6.45, 7) is 2.11. The average Bonchev–Trinajstić information content (AvgIpc) is 2.69. The largest absolute Gasteiger partial charge is 0.462 e. The highest BCUT2D eigenvalue weighted by Gasteiger charge is 2.18. The first-order valence-electron chi connectivity index (χ1n) is 8.67. The highest BCUT2D eigenvalue weighted by Crippen LogP contribution is 2.33. The molecule has 0 amide bonds. The van der Waals surface area contributed by atoms with Gasteiger partial charge in [-0.1, -0.05) is 52.3 Å². The number of carbonyl (C=O) groups excluding carboxylic acids is 1. The zero-order valence-electron chi connectivity index (χ0n) is 14.7. The van der Waals surface area contributed by atoms with Crippen LogP contribution in [0, 0.1) is 0 Å². The lowest BCUT2D eigenvalue weighted by Crippen LogP contribution is -2.09. The first-order valence-corrected chi connectivity index (χ1v) is 9.47. The van der Waals surface area contributed by atoms with Crippen molar-refractivity contribution in [3.63, 3.8) is 0 Å². The van der Waals surface area contributed by atoms with Crippen molar-refractivity contribution in [3.05, 3.63) is 76.9 Å². The summed E-state index contributed by atoms with van der Waals surface area (Å²) < 4.78 is 6.23. The molecule has 1 N–H and O–H groups in total. The molecule has 0 fully saturated rings. The summed E-state index contributed by atoms with van der Waals surface area (Å²) in [5.74, 6) is -0.389. The Morgan fingerprint density at radius 1 is 1.04 bits per heavy atom. The molecule has 0 saturated carbocycles. The van der Waals surface area contributed by atoms with E-state index in [0.717, 1.165) is 31.8 Å². The highest BCUT2D eigenvalue weighted by molar-refractivity contribution is 9.10. The number of aromatic nitrogens is 1. The summed E-state index contributed by atoms with van der Waals surface area (Å²) >= 11 is 3.44. The molecule has 4 rings (SSSR count). The standard InChI is InChI=1S/C22H17BrN2O2/c1-2-27-22(26)19-13-24-20-17-6-4-3-5-14(17)7-12-18(20)21(19)25-16-10-8-15(23)9-11-16/h3-13H,2H2,1H3,(H,24,25). The fraction of sp³-hybridized carbons (Fsp3) is 0.0909. The molecule has 27 heavy (non-hydrogen) atoms. The molecule has 4 nitrogen and oxygen atoms in total. The minimum absolute atomic E-state index is 0.312. The average molecular weight is 421 g/mol. The number of nitrogens with one attached hydrogen (secondary N) is 1. The molecule has 0 aliphatic carbocycles. The molecule has 0 radical (unpaired) electrons. The smallest absolute Gasteiger partial charge is 0.341 e. The number of benzene rings is 3. The Morgan fingerprint density at radius 2 is 1.81 bits per heavy atom. The van der Waals surface area contributed by atoms with E-state index in [1.165, 1.54) is 0 Å². The van der Waals surface area contributed by atoms with Crippen molar-refractivity contribution in [3.8, 4) is 0 Å². The molecule has 5 heteroatoms. The molecule has 3 aromatic carbocycles. The number of esters is 1. The molecule has 4 aromatic rings. The maximum Gasteiger partial charge on any atom is 0.341 e. The lowest BCUT2D eigenvalue weighted by Gasteiger charge is -2.15. The van der Waals surface area contributed by atoms with Crippen LogP contribution in [0.15, 0.2) is 71.3 Å². The van der Waals surface area contributed by atoms with Gasteiger partial charge in [0.15, 0.2) is 0 Å². The summed E-state index contributed by atoms with van der Waals surface area (Å²) in [7, 11) is 0. The maximum absolute atomic E-state index is 12.5. The van der Waals surface area contributed by atoms with Crippen molar-refractivity contribution in [1.29, 1.82) is 0 Å². The van der Waals surface area contributed by atoms with Crippen molar-refractivity contribution in [1.82, 2.24) is 4.98 Å². The van der Waals surface area contributed by atoms with Crippen LogP contribution in [-0.4, -0.2) is 17.6 Å². The third-order valence-corrected chi connectivity index (χ3v) is 4.90. The highest BCUT2D eigenvalue weighted by atomic mass is 79.9. The van der Waals surface area contributed by atoms with E-state index in [9.17, 15) is 4.79 Å². The number of hydrogen-bond acceptors (Lipinski definition) is 4. The molecule has 0 aliphatic heterocycles. The topological polar surface area (TPSA) is 51.2 Å². The number of fused-ring (bicyclic) bond motifs is 3. The van der Waals surface area contributed by atoms with Gasteiger partial charge in [0.25, 0.3) is 0 Å². The van der Waals surface area contributed by atoms with Crippen LogP contribution >= 0.6 is 15.9 Å². The van der Waals surface area contributed by atoms with Gasteiger partial charge in [-0.2, -0.15) is 0 Å². The van der Waals surface area contributed by atoms with E-state index in [-0.39, 0.29) is 5.97 Å². The van der Waals surface area contributed by atoms with Crippen molar-refractivity contribution in [2.24, 2.45) is 0 Å². The third kappa shape index (κ3) is 3.38. The van der Waals surface area contributed by atoms with Crippen LogP contribution in [0.2, 0.25) is 0 Å². The monoisotopic (exact) mass is 420 g/mol. The van der Waals surface area contributed by atoms with Crippen LogP contribution in [0.5, 0.6) is 0 Å². The molecule has 134 valence electrons. The Balaban J connectivity index is 1.95. The van der Waals surface area contributed by atoms with Crippen LogP contribution in [0.4, 0.5) is 11.4 Å². The van der Waals surface area contributed by atoms with Gasteiger partial charge in [-0.3, -0.25) is 4.98 Å². The summed E-state index contributed by atoms with van der Waals surface area (Å²) in [5, 5.41) is 6.42. The molecule has 1 heterocycles. The number of halogens is 1. The van der Waals surface area contributed by atoms with E-state index in [0.29, 0.717) is 17.9 Å². The van der Waals surface area contributed by atoms with Gasteiger partial charge in [-0.05, 0) is 36.6 Å². The lowest BCUT2D eigenvalue weighted by molar-refractivity contribution is 0.0527. The van der Waals surface area contributed by atoms with Crippen molar-refractivity contribution in [2.75, 3.05) is 11.9 Å². The Labute approximate surface area is 165 Å². The van der Waals surface area contributed by atoms with Gasteiger partial charge < -0.3 is 10.1 Å². The van der Waals surface area contributed by atoms with E-state index < -0.39 is 0 Å². The second-order valence-corrected chi connectivity index (χ2v) is 7.00. The number of anilines is 2. The van der Waals surface area contributed by atoms with E-state index in [1.54, 1.807) is 13.1 Å². The second kappa shape index (κ2) is 7.37. The number of nitrogens with zero attached hydrogens (tertiary/aromatic N) is 1. The number of rotatable bonds is 4. The minimum Gasteiger partial charge on any atom is -0.462 e. The van der Waals surface area contributed by atoms with Crippen molar-refractivity contribution < 1.29 is 9.53 Å². The quantitative estimate of drug-likeness (QED) is 0.321. The zero-order valence-corrected chi connectivity index (χ0v) is 16.3. The summed E-state index contributed by atoms with van der Waals surface area (Å²) in [4.78, 5) is 17.1. The van der Waals surface area contributed by atoms with Crippen LogP contribution in [-0.2, 0) is 4.74 Å². The summed E-state index contributed by atoms with van der Waals surface area (Å²) in [6.07, 6.45) is 1.59. The molecular weight excluding hydrogens is 404 g/mol. The predicted octanol–water partition coefficient (Wildman–Crippen LogP) is 6.07. The van der Waals surface area contributed by atoms with Gasteiger partial charge in [-0.25, -0.2) is 4.79 Å². The van der Waals surface area contributed by atoms with Gasteiger partial charge in [0.2, 0.25) is 0 Å². The van der Waals surface area contributed by atoms with Gasteiger partial charge in [0.1, 0.15) is 5.56 Å². The molecular formula is C22H17BrN2O2. The van der Waals surface area contributed by atoms with Gasteiger partial charge in [0.05, 0.1) is 17.8 Å². The van der Waals surface area contributed by atoms with Gasteiger partial charge >= 0.3 is 5.97 Å². The van der Waals surface area contributed by atoms with Gasteiger partial charge in [-0.15, -0.1) is 0 Å². The number of pyridine rings is 1. The first kappa shape index (κ1) is 17.5. The molecule has 0 atom stereocenters. The normalized spacial score (nSPS) is 10.9. The van der Waals surface area contributed by atoms with Crippen LogP contribution in [0.25, 0.3) is 21.7 Å². The van der Waals surface area contributed by atoms with Gasteiger partial charge in [0, 0.05) is 27.1 Å². The first-order chi connectivity index (χ1) is 13.2. The van der Waals surface area contributed by atoms with E-state index in [1.807, 2.05) is 54.6 Å². The lowest BCUT2D eigenvalue weighted by atomic mass is 10.0.